The molecule has 0 aliphatic heterocycles. The molecule has 1 aromatic heterocycles. The van der Waals surface area contributed by atoms with Crippen LogP contribution in [-0.2, 0) is 0 Å². The van der Waals surface area contributed by atoms with E-state index in [-0.39, 0.29) is 5.41 Å². The summed E-state index contributed by atoms with van der Waals surface area (Å²) in [5.41, 5.74) is 0.167. The largest absolute Gasteiger partial charge is 0.396 e. The van der Waals surface area contributed by atoms with Crippen molar-refractivity contribution in [2.75, 3.05) is 20.2 Å². The molecule has 1 unspecified atom stereocenters. The summed E-state index contributed by atoms with van der Waals surface area (Å²) in [5.74, 6) is 0. The third-order valence-corrected chi connectivity index (χ3v) is 5.24. The molecule has 0 bridgehead atoms. The molecule has 0 amide bonds. The smallest absolute Gasteiger partial charge is 0.0499 e. The highest BCUT2D eigenvalue weighted by molar-refractivity contribution is 7.10. The van der Waals surface area contributed by atoms with Gasteiger partial charge in [-0.05, 0) is 38.3 Å². The van der Waals surface area contributed by atoms with Gasteiger partial charge in [0.25, 0.3) is 0 Å². The quantitative estimate of drug-likeness (QED) is 0.870. The van der Waals surface area contributed by atoms with Gasteiger partial charge in [0.1, 0.15) is 0 Å². The summed E-state index contributed by atoms with van der Waals surface area (Å²) in [6.45, 7) is 3.61. The number of hydrogen-bond acceptors (Lipinski definition) is 3. The Morgan fingerprint density at radius 3 is 2.71 bits per heavy atom. The van der Waals surface area contributed by atoms with E-state index >= 15 is 0 Å². The Balaban J connectivity index is 1.98. The molecule has 3 heteroatoms. The van der Waals surface area contributed by atoms with Crippen LogP contribution in [-0.4, -0.2) is 30.2 Å². The Morgan fingerprint density at radius 1 is 1.47 bits per heavy atom. The van der Waals surface area contributed by atoms with Crippen LogP contribution in [0, 0.1) is 5.41 Å². The van der Waals surface area contributed by atoms with Crippen molar-refractivity contribution in [3.63, 3.8) is 0 Å². The van der Waals surface area contributed by atoms with Gasteiger partial charge in [-0.2, -0.15) is 0 Å². The molecular formula is C14H23NOS. The van der Waals surface area contributed by atoms with Gasteiger partial charge in [-0.15, -0.1) is 11.3 Å². The van der Waals surface area contributed by atoms with E-state index in [1.807, 2.05) is 11.3 Å². The first-order valence-corrected chi connectivity index (χ1v) is 7.39. The fourth-order valence-electron chi connectivity index (χ4n) is 2.90. The normalized spacial score (nSPS) is 20.9. The number of rotatable bonds is 5. The zero-order valence-corrected chi connectivity index (χ0v) is 11.7. The van der Waals surface area contributed by atoms with E-state index in [0.717, 1.165) is 6.54 Å². The van der Waals surface area contributed by atoms with Crippen LogP contribution in [0.25, 0.3) is 0 Å². The summed E-state index contributed by atoms with van der Waals surface area (Å²) in [7, 11) is 2.18. The molecule has 1 aromatic rings. The SMILES string of the molecule is CC(c1cccs1)N(C)CC1(CO)CCCC1. The molecule has 0 spiro atoms. The predicted molar refractivity (Wildman–Crippen MR) is 73.4 cm³/mol. The first-order chi connectivity index (χ1) is 8.17. The average Bonchev–Trinajstić information content (AvgIpc) is 2.99. The summed E-state index contributed by atoms with van der Waals surface area (Å²) in [5, 5.41) is 11.8. The van der Waals surface area contributed by atoms with Gasteiger partial charge < -0.3 is 5.11 Å². The van der Waals surface area contributed by atoms with E-state index in [0.29, 0.717) is 12.6 Å². The van der Waals surface area contributed by atoms with Crippen LogP contribution in [0.3, 0.4) is 0 Å². The maximum atomic E-state index is 9.65. The number of aliphatic hydroxyl groups excluding tert-OH is 1. The maximum Gasteiger partial charge on any atom is 0.0499 e. The lowest BCUT2D eigenvalue weighted by atomic mass is 9.86. The van der Waals surface area contributed by atoms with Gasteiger partial charge in [-0.3, -0.25) is 4.90 Å². The van der Waals surface area contributed by atoms with Crippen LogP contribution >= 0.6 is 11.3 Å². The van der Waals surface area contributed by atoms with Crippen LogP contribution in [0.15, 0.2) is 17.5 Å². The molecule has 96 valence electrons. The summed E-state index contributed by atoms with van der Waals surface area (Å²) >= 11 is 1.82. The Hall–Kier alpha value is -0.380. The van der Waals surface area contributed by atoms with Gasteiger partial charge >= 0.3 is 0 Å². The van der Waals surface area contributed by atoms with Crippen molar-refractivity contribution in [3.05, 3.63) is 22.4 Å². The first kappa shape index (κ1) is 13.1. The van der Waals surface area contributed by atoms with E-state index in [1.54, 1.807) is 0 Å². The Labute approximate surface area is 108 Å². The fourth-order valence-corrected chi connectivity index (χ4v) is 3.75. The van der Waals surface area contributed by atoms with Crippen molar-refractivity contribution in [1.29, 1.82) is 0 Å². The minimum atomic E-state index is 0.167. The molecule has 2 nitrogen and oxygen atoms in total. The molecule has 0 radical (unpaired) electrons. The number of thiophene rings is 1. The van der Waals surface area contributed by atoms with Crippen molar-refractivity contribution in [2.45, 2.75) is 38.6 Å². The van der Waals surface area contributed by atoms with Gasteiger partial charge in [-0.25, -0.2) is 0 Å². The van der Waals surface area contributed by atoms with E-state index in [4.69, 9.17) is 0 Å². The van der Waals surface area contributed by atoms with Crippen molar-refractivity contribution >= 4 is 11.3 Å². The first-order valence-electron chi connectivity index (χ1n) is 6.51. The van der Waals surface area contributed by atoms with Crippen LogP contribution < -0.4 is 0 Å². The van der Waals surface area contributed by atoms with Gasteiger partial charge in [0.05, 0.1) is 0 Å². The standard InChI is InChI=1S/C14H23NOS/c1-12(13-6-5-9-17-13)15(2)10-14(11-16)7-3-4-8-14/h5-6,9,12,16H,3-4,7-8,10-11H2,1-2H3. The minimum Gasteiger partial charge on any atom is -0.396 e. The lowest BCUT2D eigenvalue weighted by Crippen LogP contribution is -2.37. The highest BCUT2D eigenvalue weighted by atomic mass is 32.1. The molecule has 1 N–H and O–H groups in total. The number of nitrogens with zero attached hydrogens (tertiary/aromatic N) is 1. The summed E-state index contributed by atoms with van der Waals surface area (Å²) < 4.78 is 0. The second-order valence-electron chi connectivity index (χ2n) is 5.47. The van der Waals surface area contributed by atoms with Crippen molar-refractivity contribution in [1.82, 2.24) is 4.90 Å². The molecule has 1 atom stereocenters. The molecule has 2 rings (SSSR count). The highest BCUT2D eigenvalue weighted by Crippen LogP contribution is 2.39. The Bertz CT molecular complexity index is 330. The van der Waals surface area contributed by atoms with Crippen LogP contribution in [0.5, 0.6) is 0 Å². The van der Waals surface area contributed by atoms with E-state index in [1.165, 1.54) is 30.6 Å². The topological polar surface area (TPSA) is 23.5 Å². The van der Waals surface area contributed by atoms with Gasteiger partial charge in [0, 0.05) is 29.5 Å². The second-order valence-corrected chi connectivity index (χ2v) is 6.45. The highest BCUT2D eigenvalue weighted by Gasteiger charge is 2.35. The molecule has 0 aromatic carbocycles. The lowest BCUT2D eigenvalue weighted by Gasteiger charge is -2.34. The van der Waals surface area contributed by atoms with Crippen molar-refractivity contribution < 1.29 is 5.11 Å². The third-order valence-electron chi connectivity index (χ3n) is 4.20. The van der Waals surface area contributed by atoms with E-state index in [9.17, 15) is 5.11 Å². The maximum absolute atomic E-state index is 9.65. The molecular weight excluding hydrogens is 230 g/mol. The fraction of sp³-hybridized carbons (Fsp3) is 0.714. The number of aliphatic hydroxyl groups is 1. The predicted octanol–water partition coefficient (Wildman–Crippen LogP) is 3.29. The Kier molecular flexibility index (Phi) is 4.23. The minimum absolute atomic E-state index is 0.167. The summed E-state index contributed by atoms with van der Waals surface area (Å²) in [4.78, 5) is 3.81. The summed E-state index contributed by atoms with van der Waals surface area (Å²) in [6.07, 6.45) is 4.93. The van der Waals surface area contributed by atoms with Crippen molar-refractivity contribution in [2.24, 2.45) is 5.41 Å². The van der Waals surface area contributed by atoms with Crippen LogP contribution in [0.2, 0.25) is 0 Å². The molecule has 1 fully saturated rings. The molecule has 1 heterocycles. The monoisotopic (exact) mass is 253 g/mol. The number of hydrogen-bond donors (Lipinski definition) is 1. The van der Waals surface area contributed by atoms with Crippen LogP contribution in [0.4, 0.5) is 0 Å². The second kappa shape index (κ2) is 5.51. The molecule has 17 heavy (non-hydrogen) atoms. The molecule has 1 aliphatic carbocycles. The zero-order valence-electron chi connectivity index (χ0n) is 10.9. The zero-order chi connectivity index (χ0) is 12.3. The van der Waals surface area contributed by atoms with Crippen LogP contribution in [0.1, 0.15) is 43.5 Å². The van der Waals surface area contributed by atoms with Gasteiger partial charge in [0.15, 0.2) is 0 Å². The van der Waals surface area contributed by atoms with Gasteiger partial charge in [0.2, 0.25) is 0 Å². The van der Waals surface area contributed by atoms with E-state index < -0.39 is 0 Å². The van der Waals surface area contributed by atoms with E-state index in [2.05, 4.69) is 36.4 Å². The van der Waals surface area contributed by atoms with Crippen molar-refractivity contribution in [3.8, 4) is 0 Å². The average molecular weight is 253 g/mol. The summed E-state index contributed by atoms with van der Waals surface area (Å²) in [6, 6.07) is 4.77. The molecule has 1 saturated carbocycles. The lowest BCUT2D eigenvalue weighted by molar-refractivity contribution is 0.0752. The molecule has 1 aliphatic rings. The van der Waals surface area contributed by atoms with Gasteiger partial charge in [-0.1, -0.05) is 18.9 Å². The molecule has 0 saturated heterocycles. The third kappa shape index (κ3) is 2.90. The Morgan fingerprint density at radius 2 is 2.18 bits per heavy atom.